The summed E-state index contributed by atoms with van der Waals surface area (Å²) in [6, 6.07) is 1.20. The molecule has 0 aromatic carbocycles. The second kappa shape index (κ2) is 7.26. The number of hydrogen-bond acceptors (Lipinski definition) is 5. The van der Waals surface area contributed by atoms with Crippen molar-refractivity contribution in [3.05, 3.63) is 36.3 Å². The fraction of sp³-hybridized carbons (Fsp3) is 0.294. The lowest BCUT2D eigenvalue weighted by molar-refractivity contribution is -0.140. The Kier molecular flexibility index (Phi) is 5.11. The molecule has 12 heteroatoms. The van der Waals surface area contributed by atoms with Gasteiger partial charge in [0.1, 0.15) is 23.5 Å². The van der Waals surface area contributed by atoms with Gasteiger partial charge in [0.25, 0.3) is 0 Å². The third-order valence-corrected chi connectivity index (χ3v) is 3.93. The van der Waals surface area contributed by atoms with Crippen LogP contribution in [0.15, 0.2) is 24.7 Å². The van der Waals surface area contributed by atoms with Crippen molar-refractivity contribution >= 4 is 22.8 Å². The zero-order chi connectivity index (χ0) is 21.4. The van der Waals surface area contributed by atoms with Crippen LogP contribution < -0.4 is 10.6 Å². The molecule has 0 aliphatic rings. The van der Waals surface area contributed by atoms with Crippen molar-refractivity contribution in [3.8, 4) is 11.4 Å². The van der Waals surface area contributed by atoms with Crippen LogP contribution in [0.5, 0.6) is 0 Å². The number of rotatable bonds is 5. The number of alkyl halides is 3. The Morgan fingerprint density at radius 2 is 1.90 bits per heavy atom. The van der Waals surface area contributed by atoms with Crippen molar-refractivity contribution in [1.82, 2.24) is 25.3 Å². The molecule has 3 aromatic rings. The summed E-state index contributed by atoms with van der Waals surface area (Å²) in [4.78, 5) is 26.6. The number of nitrogens with zero attached hydrogens (tertiary/aromatic N) is 3. The van der Waals surface area contributed by atoms with Gasteiger partial charge in [-0.25, -0.2) is 23.7 Å². The number of halogens is 5. The fourth-order valence-electron chi connectivity index (χ4n) is 2.50. The van der Waals surface area contributed by atoms with Gasteiger partial charge < -0.3 is 15.6 Å². The maximum Gasteiger partial charge on any atom is 0.405 e. The summed E-state index contributed by atoms with van der Waals surface area (Å²) >= 11 is 0. The van der Waals surface area contributed by atoms with Crippen molar-refractivity contribution in [3.63, 3.8) is 0 Å². The molecule has 0 aliphatic carbocycles. The van der Waals surface area contributed by atoms with E-state index in [1.165, 1.54) is 26.1 Å². The summed E-state index contributed by atoms with van der Waals surface area (Å²) < 4.78 is 64.6. The van der Waals surface area contributed by atoms with Crippen molar-refractivity contribution in [2.75, 3.05) is 11.9 Å². The number of amides is 1. The van der Waals surface area contributed by atoms with Gasteiger partial charge in [-0.2, -0.15) is 13.2 Å². The molecule has 3 N–H and O–H groups in total. The largest absolute Gasteiger partial charge is 0.405 e. The zero-order valence-electron chi connectivity index (χ0n) is 15.2. The zero-order valence-corrected chi connectivity index (χ0v) is 15.2. The van der Waals surface area contributed by atoms with Crippen LogP contribution in [0.2, 0.25) is 0 Å². The highest BCUT2D eigenvalue weighted by atomic mass is 19.4. The van der Waals surface area contributed by atoms with Gasteiger partial charge in [-0.05, 0) is 19.9 Å². The first kappa shape index (κ1) is 20.4. The predicted octanol–water partition coefficient (Wildman–Crippen LogP) is 3.17. The standard InChI is InChI=1S/C17H15F5N6O/c1-16(2,15(29)26-7-17(20,21)22)28-14-11(19)6-25-13(27-14)10-5-24-12-9(10)3-8(18)4-23-12/h3-6H,7H2,1-2H3,(H,23,24)(H,26,29)(H,25,27,28). The third-order valence-electron chi connectivity index (χ3n) is 3.93. The Balaban J connectivity index is 1.89. The monoisotopic (exact) mass is 414 g/mol. The van der Waals surface area contributed by atoms with Crippen LogP contribution in [-0.2, 0) is 4.79 Å². The van der Waals surface area contributed by atoms with Crippen LogP contribution in [-0.4, -0.2) is 44.1 Å². The number of pyridine rings is 1. The van der Waals surface area contributed by atoms with E-state index >= 15 is 0 Å². The lowest BCUT2D eigenvalue weighted by atomic mass is 10.0. The molecule has 154 valence electrons. The first-order chi connectivity index (χ1) is 13.5. The van der Waals surface area contributed by atoms with E-state index in [0.717, 1.165) is 12.4 Å². The Bertz CT molecular complexity index is 1060. The van der Waals surface area contributed by atoms with E-state index in [2.05, 4.69) is 25.3 Å². The summed E-state index contributed by atoms with van der Waals surface area (Å²) in [5.41, 5.74) is -0.934. The Hall–Kier alpha value is -3.31. The lowest BCUT2D eigenvalue weighted by Gasteiger charge is -2.26. The van der Waals surface area contributed by atoms with E-state index in [4.69, 9.17) is 0 Å². The number of fused-ring (bicyclic) bond motifs is 1. The normalized spacial score (nSPS) is 12.2. The number of aromatic nitrogens is 4. The summed E-state index contributed by atoms with van der Waals surface area (Å²) in [5.74, 6) is -2.93. The van der Waals surface area contributed by atoms with Crippen LogP contribution in [0.1, 0.15) is 13.8 Å². The molecule has 0 saturated heterocycles. The van der Waals surface area contributed by atoms with Gasteiger partial charge in [0.05, 0.1) is 12.4 Å². The molecular weight excluding hydrogens is 399 g/mol. The molecule has 0 unspecified atom stereocenters. The van der Waals surface area contributed by atoms with Crippen LogP contribution in [0.3, 0.4) is 0 Å². The Morgan fingerprint density at radius 3 is 2.59 bits per heavy atom. The third kappa shape index (κ3) is 4.58. The number of anilines is 1. The van der Waals surface area contributed by atoms with E-state index in [-0.39, 0.29) is 5.82 Å². The van der Waals surface area contributed by atoms with E-state index in [9.17, 15) is 26.7 Å². The number of hydrogen-bond donors (Lipinski definition) is 3. The highest BCUT2D eigenvalue weighted by Gasteiger charge is 2.34. The van der Waals surface area contributed by atoms with Crippen LogP contribution in [0, 0.1) is 11.6 Å². The lowest BCUT2D eigenvalue weighted by Crippen LogP contribution is -2.50. The van der Waals surface area contributed by atoms with E-state index in [0.29, 0.717) is 16.6 Å². The second-order valence-electron chi connectivity index (χ2n) is 6.69. The summed E-state index contributed by atoms with van der Waals surface area (Å²) in [5, 5.41) is 4.56. The quantitative estimate of drug-likeness (QED) is 0.558. The molecule has 0 bridgehead atoms. The number of carbonyl (C=O) groups excluding carboxylic acids is 1. The molecule has 0 spiro atoms. The Morgan fingerprint density at radius 1 is 1.17 bits per heavy atom. The van der Waals surface area contributed by atoms with Gasteiger partial charge in [0, 0.05) is 17.1 Å². The maximum absolute atomic E-state index is 14.2. The highest BCUT2D eigenvalue weighted by Crippen LogP contribution is 2.27. The van der Waals surface area contributed by atoms with Gasteiger partial charge in [-0.15, -0.1) is 0 Å². The minimum Gasteiger partial charge on any atom is -0.354 e. The molecule has 0 atom stereocenters. The van der Waals surface area contributed by atoms with Gasteiger partial charge >= 0.3 is 6.18 Å². The number of H-pyrrole nitrogens is 1. The average Bonchev–Trinajstić information content (AvgIpc) is 3.03. The first-order valence-corrected chi connectivity index (χ1v) is 8.25. The molecule has 0 saturated carbocycles. The molecule has 0 aliphatic heterocycles. The molecule has 0 fully saturated rings. The number of carbonyl (C=O) groups is 1. The summed E-state index contributed by atoms with van der Waals surface area (Å²) in [6.07, 6.45) is -1.28. The molecular formula is C17H15F5N6O. The molecule has 3 aromatic heterocycles. The van der Waals surface area contributed by atoms with Gasteiger partial charge in [-0.1, -0.05) is 0 Å². The van der Waals surface area contributed by atoms with Crippen LogP contribution in [0.25, 0.3) is 22.4 Å². The number of nitrogens with one attached hydrogen (secondary N) is 3. The molecule has 29 heavy (non-hydrogen) atoms. The topological polar surface area (TPSA) is 95.6 Å². The van der Waals surface area contributed by atoms with Crippen molar-refractivity contribution in [1.29, 1.82) is 0 Å². The average molecular weight is 414 g/mol. The van der Waals surface area contributed by atoms with E-state index < -0.39 is 41.6 Å². The predicted molar refractivity (Wildman–Crippen MR) is 93.8 cm³/mol. The highest BCUT2D eigenvalue weighted by molar-refractivity contribution is 5.92. The van der Waals surface area contributed by atoms with Crippen molar-refractivity contribution in [2.24, 2.45) is 0 Å². The van der Waals surface area contributed by atoms with Gasteiger partial charge in [0.2, 0.25) is 5.91 Å². The smallest absolute Gasteiger partial charge is 0.354 e. The minimum atomic E-state index is -4.59. The van der Waals surface area contributed by atoms with E-state index in [1.54, 1.807) is 5.32 Å². The Labute approximate surface area is 160 Å². The minimum absolute atomic E-state index is 0.000880. The van der Waals surface area contributed by atoms with Crippen molar-refractivity contribution in [2.45, 2.75) is 25.6 Å². The number of aromatic amines is 1. The van der Waals surface area contributed by atoms with Gasteiger partial charge in [0.15, 0.2) is 17.5 Å². The summed E-state index contributed by atoms with van der Waals surface area (Å²) in [7, 11) is 0. The molecule has 3 heterocycles. The second-order valence-corrected chi connectivity index (χ2v) is 6.69. The van der Waals surface area contributed by atoms with E-state index in [1.807, 2.05) is 0 Å². The van der Waals surface area contributed by atoms with Gasteiger partial charge in [-0.3, -0.25) is 4.79 Å². The molecule has 1 amide bonds. The van der Waals surface area contributed by atoms with Crippen LogP contribution >= 0.6 is 0 Å². The molecule has 0 radical (unpaired) electrons. The SMILES string of the molecule is CC(C)(Nc1nc(-c2c[nH]c3ncc(F)cc23)ncc1F)C(=O)NCC(F)(F)F. The molecule has 7 nitrogen and oxygen atoms in total. The fourth-order valence-corrected chi connectivity index (χ4v) is 2.50. The maximum atomic E-state index is 14.2. The summed E-state index contributed by atoms with van der Waals surface area (Å²) in [6.45, 7) is 1.01. The first-order valence-electron chi connectivity index (χ1n) is 8.25. The molecule has 3 rings (SSSR count). The van der Waals surface area contributed by atoms with Crippen LogP contribution in [0.4, 0.5) is 27.8 Å². The van der Waals surface area contributed by atoms with Crippen molar-refractivity contribution < 1.29 is 26.7 Å².